The number of benzene rings is 1. The molecule has 1 aliphatic rings. The molecule has 25 heavy (non-hydrogen) atoms. The highest BCUT2D eigenvalue weighted by atomic mass is 16.7. The van der Waals surface area contributed by atoms with Gasteiger partial charge in [0.15, 0.2) is 11.5 Å². The summed E-state index contributed by atoms with van der Waals surface area (Å²) in [5.41, 5.74) is 0.521. The predicted molar refractivity (Wildman–Crippen MR) is 87.7 cm³/mol. The molecule has 9 nitrogen and oxygen atoms in total. The molecule has 128 valence electrons. The lowest BCUT2D eigenvalue weighted by Crippen LogP contribution is -2.08. The van der Waals surface area contributed by atoms with Crippen LogP contribution < -0.4 is 19.5 Å². The van der Waals surface area contributed by atoms with Crippen molar-refractivity contribution in [1.29, 1.82) is 0 Å². The molecule has 0 bridgehead atoms. The van der Waals surface area contributed by atoms with Crippen LogP contribution in [-0.4, -0.2) is 29.7 Å². The van der Waals surface area contributed by atoms with Crippen LogP contribution in [0.1, 0.15) is 5.56 Å². The van der Waals surface area contributed by atoms with Gasteiger partial charge in [0, 0.05) is 12.1 Å². The number of carbonyl (C=O) groups excluding carboxylic acids is 1. The summed E-state index contributed by atoms with van der Waals surface area (Å²) in [6.07, 6.45) is 3.97. The number of nitrogens with one attached hydrogen (secondary N) is 1. The Morgan fingerprint density at radius 3 is 2.76 bits per heavy atom. The van der Waals surface area contributed by atoms with Crippen LogP contribution in [-0.2, 0) is 4.79 Å². The van der Waals surface area contributed by atoms with Gasteiger partial charge in [0.2, 0.25) is 18.6 Å². The van der Waals surface area contributed by atoms with Crippen LogP contribution in [0.25, 0.3) is 6.08 Å². The zero-order chi connectivity index (χ0) is 17.8. The van der Waals surface area contributed by atoms with E-state index in [0.29, 0.717) is 23.1 Å². The van der Waals surface area contributed by atoms with Crippen molar-refractivity contribution in [2.75, 3.05) is 19.2 Å². The Balaban J connectivity index is 1.76. The number of nitrogens with zero attached hydrogens (tertiary/aromatic N) is 2. The molecule has 0 saturated heterocycles. The van der Waals surface area contributed by atoms with Crippen molar-refractivity contribution in [3.63, 3.8) is 0 Å². The zero-order valence-corrected chi connectivity index (χ0v) is 13.1. The van der Waals surface area contributed by atoms with Crippen LogP contribution >= 0.6 is 0 Å². The number of nitro benzene ring substituents is 1. The Bertz CT molecular complexity index is 848. The molecular weight excluding hydrogens is 330 g/mol. The number of nitro groups is 1. The van der Waals surface area contributed by atoms with Crippen molar-refractivity contribution < 1.29 is 23.9 Å². The highest BCUT2D eigenvalue weighted by Gasteiger charge is 2.22. The van der Waals surface area contributed by atoms with E-state index in [-0.39, 0.29) is 18.0 Å². The van der Waals surface area contributed by atoms with Gasteiger partial charge in [-0.1, -0.05) is 0 Å². The van der Waals surface area contributed by atoms with Gasteiger partial charge in [-0.05, 0) is 18.2 Å². The fraction of sp³-hybridized carbons (Fsp3) is 0.125. The lowest BCUT2D eigenvalue weighted by atomic mass is 10.1. The van der Waals surface area contributed by atoms with E-state index in [2.05, 4.69) is 10.3 Å². The van der Waals surface area contributed by atoms with Gasteiger partial charge in [0.25, 0.3) is 5.69 Å². The van der Waals surface area contributed by atoms with Crippen LogP contribution in [0.3, 0.4) is 0 Å². The number of rotatable bonds is 5. The number of amides is 1. The van der Waals surface area contributed by atoms with Crippen LogP contribution in [0.5, 0.6) is 17.4 Å². The van der Waals surface area contributed by atoms with Crippen LogP contribution in [0, 0.1) is 10.1 Å². The van der Waals surface area contributed by atoms with E-state index in [0.717, 1.165) is 0 Å². The van der Waals surface area contributed by atoms with Gasteiger partial charge < -0.3 is 19.5 Å². The molecule has 1 aromatic heterocycles. The Labute approximate surface area is 142 Å². The van der Waals surface area contributed by atoms with E-state index < -0.39 is 10.8 Å². The third kappa shape index (κ3) is 3.66. The summed E-state index contributed by atoms with van der Waals surface area (Å²) in [5.74, 6) is 0.658. The molecule has 3 rings (SSSR count). The monoisotopic (exact) mass is 343 g/mol. The number of anilines is 1. The fourth-order valence-electron chi connectivity index (χ4n) is 2.16. The second-order valence-electron chi connectivity index (χ2n) is 4.93. The molecule has 0 atom stereocenters. The molecule has 0 spiro atoms. The van der Waals surface area contributed by atoms with Crippen molar-refractivity contribution in [3.8, 4) is 17.4 Å². The molecule has 9 heteroatoms. The van der Waals surface area contributed by atoms with E-state index in [1.54, 1.807) is 12.1 Å². The molecule has 1 amide bonds. The van der Waals surface area contributed by atoms with E-state index in [9.17, 15) is 14.9 Å². The van der Waals surface area contributed by atoms with E-state index in [1.807, 2.05) is 0 Å². The summed E-state index contributed by atoms with van der Waals surface area (Å²) in [6, 6.07) is 5.95. The molecule has 0 fully saturated rings. The van der Waals surface area contributed by atoms with Gasteiger partial charge >= 0.3 is 0 Å². The lowest BCUT2D eigenvalue weighted by Gasteiger charge is -2.03. The highest BCUT2D eigenvalue weighted by Crippen LogP contribution is 2.38. The summed E-state index contributed by atoms with van der Waals surface area (Å²) in [7, 11) is 1.49. The first-order valence-corrected chi connectivity index (χ1v) is 7.14. The number of carbonyl (C=O) groups is 1. The zero-order valence-electron chi connectivity index (χ0n) is 13.1. The second kappa shape index (κ2) is 6.87. The van der Waals surface area contributed by atoms with Crippen LogP contribution in [0.2, 0.25) is 0 Å². The Hall–Kier alpha value is -3.62. The summed E-state index contributed by atoms with van der Waals surface area (Å²) >= 11 is 0. The summed E-state index contributed by atoms with van der Waals surface area (Å²) < 4.78 is 15.2. The number of hydrogen-bond acceptors (Lipinski definition) is 7. The maximum atomic E-state index is 12.0. The molecule has 0 radical (unpaired) electrons. The third-order valence-corrected chi connectivity index (χ3v) is 3.35. The van der Waals surface area contributed by atoms with Crippen LogP contribution in [0.15, 0.2) is 36.5 Å². The van der Waals surface area contributed by atoms with Crippen LogP contribution in [0.4, 0.5) is 11.4 Å². The van der Waals surface area contributed by atoms with Crippen molar-refractivity contribution in [1.82, 2.24) is 4.98 Å². The molecule has 2 aromatic rings. The largest absolute Gasteiger partial charge is 0.481 e. The van der Waals surface area contributed by atoms with Gasteiger partial charge in [-0.2, -0.15) is 0 Å². The second-order valence-corrected chi connectivity index (χ2v) is 4.93. The van der Waals surface area contributed by atoms with E-state index in [4.69, 9.17) is 14.2 Å². The summed E-state index contributed by atoms with van der Waals surface area (Å²) in [5, 5.41) is 13.8. The van der Waals surface area contributed by atoms with E-state index >= 15 is 0 Å². The SMILES string of the molecule is COc1ccc(NC(=O)/C=C\c2cc3c(cc2[N+](=O)[O-])OCO3)cn1. The normalized spacial score (nSPS) is 12.2. The molecule has 1 aromatic carbocycles. The quantitative estimate of drug-likeness (QED) is 0.504. The minimum Gasteiger partial charge on any atom is -0.481 e. The Morgan fingerprint density at radius 1 is 1.36 bits per heavy atom. The topological polar surface area (TPSA) is 113 Å². The third-order valence-electron chi connectivity index (χ3n) is 3.35. The first kappa shape index (κ1) is 16.2. The van der Waals surface area contributed by atoms with Crippen molar-refractivity contribution in [3.05, 3.63) is 52.2 Å². The minimum atomic E-state index is -0.549. The number of hydrogen-bond donors (Lipinski definition) is 1. The van der Waals surface area contributed by atoms with Crippen molar-refractivity contribution >= 4 is 23.4 Å². The number of ether oxygens (including phenoxy) is 3. The highest BCUT2D eigenvalue weighted by molar-refractivity contribution is 6.02. The fourth-order valence-corrected chi connectivity index (χ4v) is 2.16. The lowest BCUT2D eigenvalue weighted by molar-refractivity contribution is -0.385. The number of pyridine rings is 1. The van der Waals surface area contributed by atoms with Crippen molar-refractivity contribution in [2.45, 2.75) is 0 Å². The average molecular weight is 343 g/mol. The first-order valence-electron chi connectivity index (χ1n) is 7.14. The van der Waals surface area contributed by atoms with E-state index in [1.165, 1.54) is 37.6 Å². The Morgan fingerprint density at radius 2 is 2.12 bits per heavy atom. The maximum absolute atomic E-state index is 12.0. The Kier molecular flexibility index (Phi) is 4.46. The summed E-state index contributed by atoms with van der Waals surface area (Å²) in [4.78, 5) is 26.6. The number of fused-ring (bicyclic) bond motifs is 1. The number of aromatic nitrogens is 1. The van der Waals surface area contributed by atoms with Gasteiger partial charge in [-0.3, -0.25) is 14.9 Å². The molecule has 2 heterocycles. The first-order chi connectivity index (χ1) is 12.1. The van der Waals surface area contributed by atoms with Gasteiger partial charge in [-0.25, -0.2) is 4.98 Å². The smallest absolute Gasteiger partial charge is 0.280 e. The molecule has 0 unspecified atom stereocenters. The molecular formula is C16H13N3O6. The molecule has 0 saturated carbocycles. The summed E-state index contributed by atoms with van der Waals surface area (Å²) in [6.45, 7) is 0.00457. The average Bonchev–Trinajstić information content (AvgIpc) is 3.07. The molecule has 1 N–H and O–H groups in total. The predicted octanol–water partition coefficient (Wildman–Crippen LogP) is 2.38. The minimum absolute atomic E-state index is 0.00457. The van der Waals surface area contributed by atoms with Gasteiger partial charge in [-0.15, -0.1) is 0 Å². The standard InChI is InChI=1S/C16H13N3O6/c1-23-16-5-3-11(8-17-16)18-15(20)4-2-10-6-13-14(25-9-24-13)7-12(10)19(21)22/h2-8H,9H2,1H3,(H,18,20)/b4-2-. The molecule has 0 aliphatic carbocycles. The number of methoxy groups -OCH3 is 1. The maximum Gasteiger partial charge on any atom is 0.280 e. The van der Waals surface area contributed by atoms with Gasteiger partial charge in [0.1, 0.15) is 0 Å². The van der Waals surface area contributed by atoms with Gasteiger partial charge in [0.05, 0.1) is 35.5 Å². The van der Waals surface area contributed by atoms with Crippen molar-refractivity contribution in [2.24, 2.45) is 0 Å². The molecule has 1 aliphatic heterocycles.